The van der Waals surface area contributed by atoms with Crippen LogP contribution in [-0.4, -0.2) is 21.6 Å². The van der Waals surface area contributed by atoms with Gasteiger partial charge in [0.1, 0.15) is 0 Å². The summed E-state index contributed by atoms with van der Waals surface area (Å²) in [4.78, 5) is 9.52. The van der Waals surface area contributed by atoms with Crippen LogP contribution in [0.2, 0.25) is 0 Å². The SMILES string of the molecule is Cc1ccc(C2CCCN2Cc2noc(CN)n2)s1. The first-order valence-electron chi connectivity index (χ1n) is 6.58. The van der Waals surface area contributed by atoms with Crippen molar-refractivity contribution in [1.29, 1.82) is 0 Å². The topological polar surface area (TPSA) is 68.2 Å². The summed E-state index contributed by atoms with van der Waals surface area (Å²) in [6.45, 7) is 4.29. The molecule has 2 aromatic rings. The number of hydrogen-bond donors (Lipinski definition) is 1. The van der Waals surface area contributed by atoms with Gasteiger partial charge >= 0.3 is 0 Å². The zero-order valence-corrected chi connectivity index (χ0v) is 11.8. The first kappa shape index (κ1) is 12.8. The Hall–Kier alpha value is -1.24. The van der Waals surface area contributed by atoms with E-state index in [1.165, 1.54) is 22.6 Å². The van der Waals surface area contributed by atoms with Gasteiger partial charge in [0.05, 0.1) is 13.1 Å². The lowest BCUT2D eigenvalue weighted by atomic mass is 10.2. The Bertz CT molecular complexity index is 550. The van der Waals surface area contributed by atoms with E-state index in [-0.39, 0.29) is 0 Å². The zero-order chi connectivity index (χ0) is 13.2. The number of nitrogens with zero attached hydrogens (tertiary/aromatic N) is 3. The second kappa shape index (κ2) is 5.40. The molecule has 1 aliphatic rings. The van der Waals surface area contributed by atoms with Crippen LogP contribution in [0.15, 0.2) is 16.7 Å². The summed E-state index contributed by atoms with van der Waals surface area (Å²) in [6, 6.07) is 4.93. The van der Waals surface area contributed by atoms with Gasteiger partial charge in [0, 0.05) is 15.8 Å². The van der Waals surface area contributed by atoms with E-state index in [1.807, 2.05) is 11.3 Å². The average Bonchev–Trinajstić information content (AvgIpc) is 3.10. The fourth-order valence-electron chi connectivity index (χ4n) is 2.59. The summed E-state index contributed by atoms with van der Waals surface area (Å²) in [5.41, 5.74) is 5.48. The molecule has 0 radical (unpaired) electrons. The lowest BCUT2D eigenvalue weighted by molar-refractivity contribution is 0.241. The number of aromatic nitrogens is 2. The lowest BCUT2D eigenvalue weighted by Crippen LogP contribution is -2.22. The minimum Gasteiger partial charge on any atom is -0.338 e. The van der Waals surface area contributed by atoms with Gasteiger partial charge in [-0.1, -0.05) is 5.16 Å². The van der Waals surface area contributed by atoms with Gasteiger partial charge in [0.25, 0.3) is 0 Å². The second-order valence-corrected chi connectivity index (χ2v) is 6.20. The highest BCUT2D eigenvalue weighted by Crippen LogP contribution is 2.36. The van der Waals surface area contributed by atoms with Gasteiger partial charge in [-0.15, -0.1) is 11.3 Å². The number of nitrogens with two attached hydrogens (primary N) is 1. The predicted molar refractivity (Wildman–Crippen MR) is 73.6 cm³/mol. The van der Waals surface area contributed by atoms with Crippen LogP contribution in [0.25, 0.3) is 0 Å². The first-order chi connectivity index (χ1) is 9.26. The standard InChI is InChI=1S/C13H18N4OS/c1-9-4-5-11(19-9)10-3-2-6-17(10)8-12-15-13(7-14)18-16-12/h4-5,10H,2-3,6-8,14H2,1H3. The van der Waals surface area contributed by atoms with Crippen LogP contribution in [0.4, 0.5) is 0 Å². The third-order valence-corrected chi connectivity index (χ3v) is 4.58. The van der Waals surface area contributed by atoms with E-state index in [4.69, 9.17) is 10.3 Å². The Morgan fingerprint density at radius 3 is 3.11 bits per heavy atom. The Balaban J connectivity index is 1.72. The van der Waals surface area contributed by atoms with Crippen molar-refractivity contribution in [2.75, 3.05) is 6.54 Å². The van der Waals surface area contributed by atoms with Gasteiger partial charge in [-0.3, -0.25) is 4.90 Å². The molecule has 5 nitrogen and oxygen atoms in total. The van der Waals surface area contributed by atoms with Crippen LogP contribution in [-0.2, 0) is 13.1 Å². The largest absolute Gasteiger partial charge is 0.338 e. The van der Waals surface area contributed by atoms with Crippen molar-refractivity contribution in [3.63, 3.8) is 0 Å². The van der Waals surface area contributed by atoms with Crippen LogP contribution >= 0.6 is 11.3 Å². The molecule has 1 aliphatic heterocycles. The van der Waals surface area contributed by atoms with E-state index < -0.39 is 0 Å². The molecule has 19 heavy (non-hydrogen) atoms. The molecule has 1 unspecified atom stereocenters. The van der Waals surface area contributed by atoms with E-state index in [0.29, 0.717) is 18.5 Å². The molecular weight excluding hydrogens is 260 g/mol. The lowest BCUT2D eigenvalue weighted by Gasteiger charge is -2.21. The van der Waals surface area contributed by atoms with E-state index in [2.05, 4.69) is 34.1 Å². The highest BCUT2D eigenvalue weighted by atomic mass is 32.1. The van der Waals surface area contributed by atoms with E-state index in [9.17, 15) is 0 Å². The minimum atomic E-state index is 0.306. The molecule has 102 valence electrons. The molecule has 2 aromatic heterocycles. The Morgan fingerprint density at radius 1 is 1.53 bits per heavy atom. The van der Waals surface area contributed by atoms with Gasteiger partial charge < -0.3 is 10.3 Å². The highest BCUT2D eigenvalue weighted by Gasteiger charge is 2.28. The molecule has 3 rings (SSSR count). The third kappa shape index (κ3) is 2.70. The molecular formula is C13H18N4OS. The van der Waals surface area contributed by atoms with E-state index in [1.54, 1.807) is 0 Å². The molecule has 2 N–H and O–H groups in total. The van der Waals surface area contributed by atoms with Crippen LogP contribution in [0.5, 0.6) is 0 Å². The van der Waals surface area contributed by atoms with Crippen molar-refractivity contribution in [3.8, 4) is 0 Å². The number of likely N-dealkylation sites (tertiary alicyclic amines) is 1. The highest BCUT2D eigenvalue weighted by molar-refractivity contribution is 7.12. The molecule has 0 bridgehead atoms. The molecule has 1 atom stereocenters. The fourth-order valence-corrected chi connectivity index (χ4v) is 3.64. The summed E-state index contributed by atoms with van der Waals surface area (Å²) in [5.74, 6) is 1.25. The predicted octanol–water partition coefficient (Wildman–Crippen LogP) is 2.24. The van der Waals surface area contributed by atoms with Crippen molar-refractivity contribution in [2.24, 2.45) is 5.73 Å². The summed E-state index contributed by atoms with van der Waals surface area (Å²) < 4.78 is 5.06. The summed E-state index contributed by atoms with van der Waals surface area (Å²) in [5, 5.41) is 3.98. The summed E-state index contributed by atoms with van der Waals surface area (Å²) in [6.07, 6.45) is 2.44. The van der Waals surface area contributed by atoms with E-state index >= 15 is 0 Å². The molecule has 6 heteroatoms. The van der Waals surface area contributed by atoms with Crippen molar-refractivity contribution in [2.45, 2.75) is 38.9 Å². The van der Waals surface area contributed by atoms with Crippen molar-refractivity contribution in [3.05, 3.63) is 33.6 Å². The van der Waals surface area contributed by atoms with Crippen LogP contribution < -0.4 is 5.73 Å². The molecule has 0 spiro atoms. The number of thiophene rings is 1. The summed E-state index contributed by atoms with van der Waals surface area (Å²) in [7, 11) is 0. The second-order valence-electron chi connectivity index (χ2n) is 4.89. The number of hydrogen-bond acceptors (Lipinski definition) is 6. The summed E-state index contributed by atoms with van der Waals surface area (Å²) >= 11 is 1.88. The molecule has 1 saturated heterocycles. The van der Waals surface area contributed by atoms with Gasteiger partial charge in [0.2, 0.25) is 5.89 Å². The first-order valence-corrected chi connectivity index (χ1v) is 7.40. The Morgan fingerprint density at radius 2 is 2.42 bits per heavy atom. The fraction of sp³-hybridized carbons (Fsp3) is 0.538. The Labute approximate surface area is 116 Å². The minimum absolute atomic E-state index is 0.306. The van der Waals surface area contributed by atoms with Gasteiger partial charge in [0.15, 0.2) is 5.82 Å². The van der Waals surface area contributed by atoms with E-state index in [0.717, 1.165) is 18.9 Å². The number of aryl methyl sites for hydroxylation is 1. The van der Waals surface area contributed by atoms with Crippen LogP contribution in [0, 0.1) is 6.92 Å². The molecule has 3 heterocycles. The van der Waals surface area contributed by atoms with Crippen molar-refractivity contribution in [1.82, 2.24) is 15.0 Å². The normalized spacial score (nSPS) is 20.2. The molecule has 0 aliphatic carbocycles. The smallest absolute Gasteiger partial charge is 0.240 e. The number of rotatable bonds is 4. The van der Waals surface area contributed by atoms with Crippen LogP contribution in [0.3, 0.4) is 0 Å². The van der Waals surface area contributed by atoms with Gasteiger partial charge in [-0.05, 0) is 38.4 Å². The van der Waals surface area contributed by atoms with Gasteiger partial charge in [-0.25, -0.2) is 0 Å². The molecule has 0 amide bonds. The van der Waals surface area contributed by atoms with Crippen molar-refractivity contribution < 1.29 is 4.52 Å². The Kier molecular flexibility index (Phi) is 3.63. The monoisotopic (exact) mass is 278 g/mol. The molecule has 0 saturated carbocycles. The average molecular weight is 278 g/mol. The maximum absolute atomic E-state index is 5.48. The van der Waals surface area contributed by atoms with Crippen molar-refractivity contribution >= 4 is 11.3 Å². The third-order valence-electron chi connectivity index (χ3n) is 3.48. The van der Waals surface area contributed by atoms with Gasteiger partial charge in [-0.2, -0.15) is 4.98 Å². The maximum Gasteiger partial charge on any atom is 0.240 e. The van der Waals surface area contributed by atoms with Crippen LogP contribution in [0.1, 0.15) is 40.4 Å². The molecule has 0 aromatic carbocycles. The molecule has 1 fully saturated rings. The quantitative estimate of drug-likeness (QED) is 0.929. The zero-order valence-electron chi connectivity index (χ0n) is 11.0. The maximum atomic E-state index is 5.48.